The number of ketones is 1. The molecule has 0 heterocycles. The predicted octanol–water partition coefficient (Wildman–Crippen LogP) is 3.16. The molecule has 0 saturated carbocycles. The fraction of sp³-hybridized carbons (Fsp3) is 0.923. The predicted molar refractivity (Wildman–Crippen MR) is 66.1 cm³/mol. The number of carbonyl (C=O) groups excluding carboxylic acids is 1. The molecule has 2 nitrogen and oxygen atoms in total. The Morgan fingerprint density at radius 1 is 1.13 bits per heavy atom. The van der Waals surface area contributed by atoms with Crippen molar-refractivity contribution < 1.29 is 4.79 Å². The second-order valence-electron chi connectivity index (χ2n) is 5.65. The van der Waals surface area contributed by atoms with Gasteiger partial charge in [-0.25, -0.2) is 0 Å². The minimum Gasteiger partial charge on any atom is -0.305 e. The number of nitrogens with one attached hydrogen (secondary N) is 1. The average Bonchev–Trinajstić information content (AvgIpc) is 2.14. The minimum absolute atomic E-state index is 0.0674. The van der Waals surface area contributed by atoms with Crippen LogP contribution in [0.4, 0.5) is 0 Å². The molecule has 0 saturated heterocycles. The van der Waals surface area contributed by atoms with Gasteiger partial charge in [0.1, 0.15) is 0 Å². The summed E-state index contributed by atoms with van der Waals surface area (Å²) in [5.41, 5.74) is -0.108. The maximum Gasteiger partial charge on any atom is 0.152 e. The maximum atomic E-state index is 12.0. The molecule has 0 spiro atoms. The summed E-state index contributed by atoms with van der Waals surface area (Å²) in [6.45, 7) is 13.1. The highest BCUT2D eigenvalue weighted by molar-refractivity contribution is 5.85. The van der Waals surface area contributed by atoms with Crippen molar-refractivity contribution in [2.75, 3.05) is 6.54 Å². The first-order chi connectivity index (χ1) is 6.75. The van der Waals surface area contributed by atoms with E-state index in [1.165, 1.54) is 0 Å². The summed E-state index contributed by atoms with van der Waals surface area (Å²) in [6.07, 6.45) is 3.07. The van der Waals surface area contributed by atoms with Gasteiger partial charge in [0.05, 0.1) is 6.54 Å². The molecular formula is C13H27NO. The van der Waals surface area contributed by atoms with Crippen LogP contribution in [0.2, 0.25) is 0 Å². The molecule has 0 aromatic carbocycles. The van der Waals surface area contributed by atoms with E-state index in [9.17, 15) is 4.79 Å². The first kappa shape index (κ1) is 14.6. The van der Waals surface area contributed by atoms with Crippen LogP contribution in [0.1, 0.15) is 60.8 Å². The van der Waals surface area contributed by atoms with E-state index in [1.54, 1.807) is 0 Å². The van der Waals surface area contributed by atoms with Crippen molar-refractivity contribution in [2.24, 2.45) is 5.41 Å². The second-order valence-corrected chi connectivity index (χ2v) is 5.65. The third-order valence-electron chi connectivity index (χ3n) is 3.24. The third kappa shape index (κ3) is 5.31. The van der Waals surface area contributed by atoms with Gasteiger partial charge in [-0.1, -0.05) is 34.1 Å². The molecule has 0 aromatic heterocycles. The molecule has 90 valence electrons. The molecule has 15 heavy (non-hydrogen) atoms. The summed E-state index contributed by atoms with van der Waals surface area (Å²) in [5, 5.41) is 3.32. The van der Waals surface area contributed by atoms with Crippen molar-refractivity contribution in [3.05, 3.63) is 0 Å². The first-order valence-electron chi connectivity index (χ1n) is 6.03. The molecule has 2 heteroatoms. The van der Waals surface area contributed by atoms with Crippen LogP contribution in [0.5, 0.6) is 0 Å². The van der Waals surface area contributed by atoms with Crippen LogP contribution >= 0.6 is 0 Å². The largest absolute Gasteiger partial charge is 0.305 e. The smallest absolute Gasteiger partial charge is 0.152 e. The van der Waals surface area contributed by atoms with Crippen molar-refractivity contribution in [3.63, 3.8) is 0 Å². The first-order valence-corrected chi connectivity index (χ1v) is 6.03. The monoisotopic (exact) mass is 213 g/mol. The van der Waals surface area contributed by atoms with Crippen molar-refractivity contribution in [2.45, 2.75) is 66.3 Å². The van der Waals surface area contributed by atoms with E-state index < -0.39 is 0 Å². The van der Waals surface area contributed by atoms with E-state index in [4.69, 9.17) is 0 Å². The van der Waals surface area contributed by atoms with Gasteiger partial charge in [-0.2, -0.15) is 0 Å². The van der Waals surface area contributed by atoms with Crippen molar-refractivity contribution in [1.29, 1.82) is 0 Å². The Kier molecular flexibility index (Phi) is 5.50. The Bertz CT molecular complexity index is 207. The van der Waals surface area contributed by atoms with E-state index in [1.807, 2.05) is 13.8 Å². The zero-order valence-electron chi connectivity index (χ0n) is 11.2. The normalized spacial score (nSPS) is 12.9. The number of hydrogen-bond donors (Lipinski definition) is 1. The molecule has 0 radical (unpaired) electrons. The lowest BCUT2D eigenvalue weighted by atomic mass is 9.83. The highest BCUT2D eigenvalue weighted by Gasteiger charge is 2.27. The zero-order chi connectivity index (χ0) is 12.1. The lowest BCUT2D eigenvalue weighted by Gasteiger charge is -2.28. The van der Waals surface area contributed by atoms with Crippen molar-refractivity contribution in [1.82, 2.24) is 5.32 Å². The highest BCUT2D eigenvalue weighted by Crippen LogP contribution is 2.23. The van der Waals surface area contributed by atoms with Gasteiger partial charge < -0.3 is 5.32 Å². The molecule has 0 aliphatic heterocycles. The van der Waals surface area contributed by atoms with Crippen LogP contribution < -0.4 is 5.32 Å². The van der Waals surface area contributed by atoms with Gasteiger partial charge in [0.25, 0.3) is 0 Å². The molecule has 0 aliphatic carbocycles. The van der Waals surface area contributed by atoms with Gasteiger partial charge >= 0.3 is 0 Å². The van der Waals surface area contributed by atoms with E-state index in [0.29, 0.717) is 12.3 Å². The van der Waals surface area contributed by atoms with Crippen LogP contribution in [0, 0.1) is 5.41 Å². The van der Waals surface area contributed by atoms with E-state index >= 15 is 0 Å². The molecular weight excluding hydrogens is 186 g/mol. The maximum absolute atomic E-state index is 12.0. The van der Waals surface area contributed by atoms with E-state index in [2.05, 4.69) is 33.0 Å². The Balaban J connectivity index is 4.14. The van der Waals surface area contributed by atoms with Gasteiger partial charge in [0.2, 0.25) is 0 Å². The second kappa shape index (κ2) is 5.64. The van der Waals surface area contributed by atoms with Crippen LogP contribution in [-0.2, 0) is 4.79 Å². The van der Waals surface area contributed by atoms with Crippen molar-refractivity contribution >= 4 is 5.78 Å². The molecule has 0 fully saturated rings. The number of carbonyl (C=O) groups is 1. The minimum atomic E-state index is -0.175. The Hall–Kier alpha value is -0.370. The van der Waals surface area contributed by atoms with Crippen molar-refractivity contribution in [3.8, 4) is 0 Å². The summed E-state index contributed by atoms with van der Waals surface area (Å²) in [5.74, 6) is 0.325. The van der Waals surface area contributed by atoms with Gasteiger partial charge in [-0.05, 0) is 26.7 Å². The molecule has 0 aliphatic rings. The number of Topliss-reactive ketones (excluding diaryl/α,β-unsaturated/α-hetero) is 1. The summed E-state index contributed by atoms with van der Waals surface area (Å²) in [7, 11) is 0. The zero-order valence-corrected chi connectivity index (χ0v) is 11.2. The molecule has 1 N–H and O–H groups in total. The van der Waals surface area contributed by atoms with Crippen LogP contribution in [-0.4, -0.2) is 17.9 Å². The fourth-order valence-electron chi connectivity index (χ4n) is 1.45. The van der Waals surface area contributed by atoms with E-state index in [0.717, 1.165) is 19.3 Å². The fourth-order valence-corrected chi connectivity index (χ4v) is 1.45. The van der Waals surface area contributed by atoms with E-state index in [-0.39, 0.29) is 11.0 Å². The SMILES string of the molecule is CCCC(C)(C)C(=O)CNC(C)(C)CC. The van der Waals surface area contributed by atoms with Crippen LogP contribution in [0.3, 0.4) is 0 Å². The topological polar surface area (TPSA) is 29.1 Å². The summed E-state index contributed by atoms with van der Waals surface area (Å²) >= 11 is 0. The Morgan fingerprint density at radius 3 is 2.07 bits per heavy atom. The Morgan fingerprint density at radius 2 is 1.67 bits per heavy atom. The molecule has 0 unspecified atom stereocenters. The molecule has 0 aromatic rings. The lowest BCUT2D eigenvalue weighted by molar-refractivity contribution is -0.126. The summed E-state index contributed by atoms with van der Waals surface area (Å²) in [6, 6.07) is 0. The number of hydrogen-bond acceptors (Lipinski definition) is 2. The lowest BCUT2D eigenvalue weighted by Crippen LogP contribution is -2.44. The standard InChI is InChI=1S/C13H27NO/c1-7-9-12(3,4)11(15)10-14-13(5,6)8-2/h14H,7-10H2,1-6H3. The van der Waals surface area contributed by atoms with Crippen LogP contribution in [0.15, 0.2) is 0 Å². The van der Waals surface area contributed by atoms with Crippen LogP contribution in [0.25, 0.3) is 0 Å². The summed E-state index contributed by atoms with van der Waals surface area (Å²) < 4.78 is 0. The van der Waals surface area contributed by atoms with Gasteiger partial charge in [0, 0.05) is 11.0 Å². The average molecular weight is 213 g/mol. The summed E-state index contributed by atoms with van der Waals surface area (Å²) in [4.78, 5) is 12.0. The molecule has 0 amide bonds. The quantitative estimate of drug-likeness (QED) is 0.704. The van der Waals surface area contributed by atoms with Gasteiger partial charge in [-0.15, -0.1) is 0 Å². The van der Waals surface area contributed by atoms with Gasteiger partial charge in [0.15, 0.2) is 5.78 Å². The third-order valence-corrected chi connectivity index (χ3v) is 3.24. The highest BCUT2D eigenvalue weighted by atomic mass is 16.1. The number of rotatable bonds is 7. The molecule has 0 atom stereocenters. The molecule has 0 bridgehead atoms. The van der Waals surface area contributed by atoms with Gasteiger partial charge in [-0.3, -0.25) is 4.79 Å². The Labute approximate surface area is 94.8 Å². The molecule has 0 rings (SSSR count).